The van der Waals surface area contributed by atoms with E-state index >= 15 is 0 Å². The average molecular weight is 337 g/mol. The largest absolute Gasteiger partial charge is 0.367 e. The fraction of sp³-hybridized carbons (Fsp3) is 0.368. The third kappa shape index (κ3) is 3.05. The molecule has 1 aromatic heterocycles. The summed E-state index contributed by atoms with van der Waals surface area (Å²) in [5.41, 5.74) is 7.51. The minimum Gasteiger partial charge on any atom is -0.367 e. The topological polar surface area (TPSA) is 76.2 Å². The van der Waals surface area contributed by atoms with Crippen molar-refractivity contribution in [2.45, 2.75) is 38.3 Å². The minimum atomic E-state index is -0.0999. The highest BCUT2D eigenvalue weighted by atomic mass is 16.2. The van der Waals surface area contributed by atoms with Crippen molar-refractivity contribution in [1.29, 1.82) is 0 Å². The molecular weight excluding hydrogens is 314 g/mol. The molecule has 1 aromatic carbocycles. The molecule has 2 heterocycles. The van der Waals surface area contributed by atoms with Crippen LogP contribution in [-0.4, -0.2) is 32.9 Å². The van der Waals surface area contributed by atoms with E-state index in [-0.39, 0.29) is 12.5 Å². The van der Waals surface area contributed by atoms with Crippen LogP contribution in [0.15, 0.2) is 36.5 Å². The Morgan fingerprint density at radius 1 is 1.20 bits per heavy atom. The number of rotatable bonds is 4. The van der Waals surface area contributed by atoms with E-state index in [4.69, 9.17) is 10.7 Å². The van der Waals surface area contributed by atoms with Gasteiger partial charge in [-0.2, -0.15) is 0 Å². The first-order chi connectivity index (χ1) is 12.3. The van der Waals surface area contributed by atoms with Gasteiger partial charge in [-0.05, 0) is 12.8 Å². The van der Waals surface area contributed by atoms with Gasteiger partial charge in [-0.15, -0.1) is 0 Å². The van der Waals surface area contributed by atoms with Crippen molar-refractivity contribution >= 4 is 17.9 Å². The molecule has 0 spiro atoms. The van der Waals surface area contributed by atoms with E-state index in [9.17, 15) is 4.79 Å². The maximum absolute atomic E-state index is 11.9. The Hall–Kier alpha value is -2.60. The summed E-state index contributed by atoms with van der Waals surface area (Å²) < 4.78 is 2.07. The van der Waals surface area contributed by atoms with Gasteiger partial charge in [0, 0.05) is 24.0 Å². The summed E-state index contributed by atoms with van der Waals surface area (Å²) in [6, 6.07) is 10.7. The van der Waals surface area contributed by atoms with Gasteiger partial charge in [0.05, 0.1) is 13.1 Å². The van der Waals surface area contributed by atoms with Crippen LogP contribution in [0.2, 0.25) is 0 Å². The fourth-order valence-corrected chi connectivity index (χ4v) is 3.59. The smallest absolute Gasteiger partial charge is 0.240 e. The summed E-state index contributed by atoms with van der Waals surface area (Å²) >= 11 is 0. The molecule has 1 aliphatic heterocycles. The number of carbonyl (C=O) groups excluding carboxylic acids is 1. The Bertz CT molecular complexity index is 790. The number of nitrogens with one attached hydrogen (secondary N) is 1. The van der Waals surface area contributed by atoms with E-state index in [0.29, 0.717) is 12.6 Å². The quantitative estimate of drug-likeness (QED) is 0.899. The summed E-state index contributed by atoms with van der Waals surface area (Å²) in [5.74, 6) is 1.77. The highest BCUT2D eigenvalue weighted by Crippen LogP contribution is 2.33. The number of aromatic nitrogens is 2. The summed E-state index contributed by atoms with van der Waals surface area (Å²) in [4.78, 5) is 18.4. The molecule has 1 fully saturated rings. The standard InChI is InChI=1S/C19H23N5O/c20-12-17(25)23-10-11-24-16(13-23)22-18(14-6-2-1-3-7-14)19(24)21-15-8-4-5-9-15/h1-3,6-7,10-11,15,21H,4-5,8-9,12-13,20H2. The molecular formula is C19H23N5O. The van der Waals surface area contributed by atoms with Crippen molar-refractivity contribution in [3.63, 3.8) is 0 Å². The first kappa shape index (κ1) is 15.9. The summed E-state index contributed by atoms with van der Waals surface area (Å²) in [6.45, 7) is 0.447. The highest BCUT2D eigenvalue weighted by molar-refractivity contribution is 5.81. The molecule has 3 N–H and O–H groups in total. The van der Waals surface area contributed by atoms with Gasteiger partial charge in [-0.25, -0.2) is 4.98 Å². The predicted octanol–water partition coefficient (Wildman–Crippen LogP) is 2.63. The molecule has 25 heavy (non-hydrogen) atoms. The van der Waals surface area contributed by atoms with Crippen LogP contribution in [0.3, 0.4) is 0 Å². The predicted molar refractivity (Wildman–Crippen MR) is 98.5 cm³/mol. The molecule has 4 rings (SSSR count). The molecule has 0 bridgehead atoms. The van der Waals surface area contributed by atoms with E-state index in [2.05, 4.69) is 22.0 Å². The van der Waals surface area contributed by atoms with Gasteiger partial charge in [-0.3, -0.25) is 9.36 Å². The van der Waals surface area contributed by atoms with Gasteiger partial charge in [0.1, 0.15) is 17.3 Å². The zero-order chi connectivity index (χ0) is 17.2. The Balaban J connectivity index is 1.73. The van der Waals surface area contributed by atoms with Crippen LogP contribution in [-0.2, 0) is 11.3 Å². The van der Waals surface area contributed by atoms with E-state index in [1.807, 2.05) is 24.4 Å². The van der Waals surface area contributed by atoms with Crippen molar-refractivity contribution in [1.82, 2.24) is 14.5 Å². The van der Waals surface area contributed by atoms with Crippen molar-refractivity contribution in [3.8, 4) is 11.3 Å². The Morgan fingerprint density at radius 2 is 1.96 bits per heavy atom. The molecule has 6 heteroatoms. The molecule has 2 aromatic rings. The average Bonchev–Trinajstić information content (AvgIpc) is 3.30. The second-order valence-corrected chi connectivity index (χ2v) is 6.61. The molecule has 1 aliphatic carbocycles. The van der Waals surface area contributed by atoms with Gasteiger partial charge in [-0.1, -0.05) is 43.2 Å². The molecule has 0 atom stereocenters. The third-order valence-corrected chi connectivity index (χ3v) is 4.93. The Labute approximate surface area is 147 Å². The molecule has 0 unspecified atom stereocenters. The lowest BCUT2D eigenvalue weighted by molar-refractivity contribution is -0.127. The number of hydrogen-bond acceptors (Lipinski definition) is 4. The minimum absolute atomic E-state index is 0.00374. The number of carbonyl (C=O) groups is 1. The SMILES string of the molecule is NCC(=O)N1C=Cn2c(nc(-c3ccccc3)c2NC2CCCC2)C1. The first-order valence-electron chi connectivity index (χ1n) is 8.87. The zero-order valence-electron chi connectivity index (χ0n) is 14.2. The lowest BCUT2D eigenvalue weighted by atomic mass is 10.1. The van der Waals surface area contributed by atoms with Crippen molar-refractivity contribution < 1.29 is 4.79 Å². The van der Waals surface area contributed by atoms with Crippen LogP contribution in [0.1, 0.15) is 31.5 Å². The number of imidazole rings is 1. The van der Waals surface area contributed by atoms with Crippen LogP contribution >= 0.6 is 0 Å². The number of nitrogens with two attached hydrogens (primary N) is 1. The molecule has 0 radical (unpaired) electrons. The maximum Gasteiger partial charge on any atom is 0.240 e. The highest BCUT2D eigenvalue weighted by Gasteiger charge is 2.25. The van der Waals surface area contributed by atoms with E-state index in [1.165, 1.54) is 25.7 Å². The summed E-state index contributed by atoms with van der Waals surface area (Å²) in [5, 5.41) is 3.70. The molecule has 0 saturated heterocycles. The van der Waals surface area contributed by atoms with Gasteiger partial charge in [0.15, 0.2) is 0 Å². The van der Waals surface area contributed by atoms with Crippen LogP contribution < -0.4 is 11.1 Å². The molecule has 1 amide bonds. The van der Waals surface area contributed by atoms with E-state index in [0.717, 1.165) is 22.9 Å². The van der Waals surface area contributed by atoms with E-state index in [1.54, 1.807) is 11.1 Å². The normalized spacial score (nSPS) is 16.9. The third-order valence-electron chi connectivity index (χ3n) is 4.93. The van der Waals surface area contributed by atoms with Crippen molar-refractivity contribution in [2.24, 2.45) is 5.73 Å². The second-order valence-electron chi connectivity index (χ2n) is 6.61. The molecule has 130 valence electrons. The number of benzene rings is 1. The van der Waals surface area contributed by atoms with Gasteiger partial charge >= 0.3 is 0 Å². The lowest BCUT2D eigenvalue weighted by Crippen LogP contribution is -2.34. The zero-order valence-corrected chi connectivity index (χ0v) is 14.2. The van der Waals surface area contributed by atoms with Crippen molar-refractivity contribution in [3.05, 3.63) is 42.4 Å². The first-order valence-corrected chi connectivity index (χ1v) is 8.87. The Kier molecular flexibility index (Phi) is 4.28. The van der Waals surface area contributed by atoms with Crippen LogP contribution in [0.5, 0.6) is 0 Å². The van der Waals surface area contributed by atoms with Gasteiger partial charge in [0.25, 0.3) is 0 Å². The number of nitrogens with zero attached hydrogens (tertiary/aromatic N) is 3. The van der Waals surface area contributed by atoms with Gasteiger partial charge in [0.2, 0.25) is 5.91 Å². The van der Waals surface area contributed by atoms with Crippen LogP contribution in [0, 0.1) is 0 Å². The lowest BCUT2D eigenvalue weighted by Gasteiger charge is -2.23. The molecule has 6 nitrogen and oxygen atoms in total. The second kappa shape index (κ2) is 6.72. The fourth-order valence-electron chi connectivity index (χ4n) is 3.59. The molecule has 1 saturated carbocycles. The monoisotopic (exact) mass is 337 g/mol. The number of fused-ring (bicyclic) bond motifs is 1. The van der Waals surface area contributed by atoms with Gasteiger partial charge < -0.3 is 16.0 Å². The Morgan fingerprint density at radius 3 is 2.68 bits per heavy atom. The number of anilines is 1. The summed E-state index contributed by atoms with van der Waals surface area (Å²) in [6.07, 6.45) is 8.62. The molecule has 2 aliphatic rings. The van der Waals surface area contributed by atoms with Crippen LogP contribution in [0.4, 0.5) is 5.82 Å². The van der Waals surface area contributed by atoms with Crippen molar-refractivity contribution in [2.75, 3.05) is 11.9 Å². The van der Waals surface area contributed by atoms with E-state index < -0.39 is 0 Å². The number of hydrogen-bond donors (Lipinski definition) is 2. The number of amides is 1. The van der Waals surface area contributed by atoms with Crippen LogP contribution in [0.25, 0.3) is 17.5 Å². The maximum atomic E-state index is 11.9. The summed E-state index contributed by atoms with van der Waals surface area (Å²) in [7, 11) is 0.